The lowest BCUT2D eigenvalue weighted by Gasteiger charge is -2.33. The molecule has 2 aliphatic heterocycles. The lowest BCUT2D eigenvalue weighted by Crippen LogP contribution is -2.44. The number of hydrogen-bond acceptors (Lipinski definition) is 8. The summed E-state index contributed by atoms with van der Waals surface area (Å²) in [4.78, 5) is 34.2. The van der Waals surface area contributed by atoms with Crippen LogP contribution in [0, 0.1) is 0 Å². The van der Waals surface area contributed by atoms with E-state index < -0.39 is 0 Å². The molecule has 1 aromatic heterocycles. The van der Waals surface area contributed by atoms with E-state index >= 15 is 0 Å². The third-order valence-electron chi connectivity index (χ3n) is 5.14. The molecular formula is C21H27N7O4. The first-order valence-corrected chi connectivity index (χ1v) is 10.7. The Morgan fingerprint density at radius 2 is 2.03 bits per heavy atom. The van der Waals surface area contributed by atoms with Crippen LogP contribution in [0.4, 0.5) is 10.7 Å². The first-order chi connectivity index (χ1) is 15.6. The van der Waals surface area contributed by atoms with Gasteiger partial charge in [0.2, 0.25) is 5.95 Å². The second-order valence-corrected chi connectivity index (χ2v) is 7.49. The number of aromatic nitrogens is 2. The average Bonchev–Trinajstić information content (AvgIpc) is 3.24. The SMILES string of the molecule is CCOc1ccccc1O[C@@H]1CCCN(c2ncc(C(=O)NCC3NNC(=O)N3)cn2)C1. The summed E-state index contributed by atoms with van der Waals surface area (Å²) in [5, 5.41) is 5.34. The molecule has 2 aromatic rings. The molecule has 2 aliphatic rings. The highest BCUT2D eigenvalue weighted by Crippen LogP contribution is 2.29. The molecule has 0 aliphatic carbocycles. The van der Waals surface area contributed by atoms with E-state index in [9.17, 15) is 9.59 Å². The van der Waals surface area contributed by atoms with Gasteiger partial charge in [-0.05, 0) is 31.9 Å². The van der Waals surface area contributed by atoms with Gasteiger partial charge in [-0.25, -0.2) is 20.2 Å². The minimum atomic E-state index is -0.371. The van der Waals surface area contributed by atoms with Crippen molar-refractivity contribution in [1.29, 1.82) is 0 Å². The molecule has 2 atom stereocenters. The molecule has 0 bridgehead atoms. The lowest BCUT2D eigenvalue weighted by atomic mass is 10.1. The van der Waals surface area contributed by atoms with Crippen molar-refractivity contribution < 1.29 is 19.1 Å². The number of anilines is 1. The zero-order valence-corrected chi connectivity index (χ0v) is 17.8. The van der Waals surface area contributed by atoms with Gasteiger partial charge in [0, 0.05) is 18.9 Å². The number of amides is 3. The maximum atomic E-state index is 12.3. The second-order valence-electron chi connectivity index (χ2n) is 7.49. The van der Waals surface area contributed by atoms with Gasteiger partial charge in [0.05, 0.1) is 25.3 Å². The summed E-state index contributed by atoms with van der Waals surface area (Å²) in [6.45, 7) is 4.22. The molecule has 11 heteroatoms. The van der Waals surface area contributed by atoms with Crippen LogP contribution in [-0.2, 0) is 0 Å². The minimum absolute atomic E-state index is 0.0142. The summed E-state index contributed by atoms with van der Waals surface area (Å²) in [6, 6.07) is 7.34. The van der Waals surface area contributed by atoms with Gasteiger partial charge < -0.3 is 25.0 Å². The number of nitrogens with one attached hydrogen (secondary N) is 4. The van der Waals surface area contributed by atoms with Crippen LogP contribution in [0.15, 0.2) is 36.7 Å². The number of piperidine rings is 1. The van der Waals surface area contributed by atoms with Crippen molar-refractivity contribution in [2.24, 2.45) is 0 Å². The molecular weight excluding hydrogens is 414 g/mol. The number of ether oxygens (including phenoxy) is 2. The first kappa shape index (κ1) is 21.6. The van der Waals surface area contributed by atoms with Gasteiger partial charge in [0.25, 0.3) is 5.91 Å². The van der Waals surface area contributed by atoms with E-state index in [-0.39, 0.29) is 30.8 Å². The van der Waals surface area contributed by atoms with E-state index in [1.807, 2.05) is 31.2 Å². The Balaban J connectivity index is 1.32. The van der Waals surface area contributed by atoms with Gasteiger partial charge in [0.1, 0.15) is 12.3 Å². The summed E-state index contributed by atoms with van der Waals surface area (Å²) in [5.74, 6) is 1.72. The number of rotatable bonds is 8. The monoisotopic (exact) mass is 441 g/mol. The molecule has 2 fully saturated rings. The Kier molecular flexibility index (Phi) is 6.85. The molecule has 4 N–H and O–H groups in total. The molecule has 1 unspecified atom stereocenters. The van der Waals surface area contributed by atoms with Crippen LogP contribution < -0.4 is 35.9 Å². The fraction of sp³-hybridized carbons (Fsp3) is 0.429. The van der Waals surface area contributed by atoms with E-state index in [0.717, 1.165) is 30.9 Å². The number of carbonyl (C=O) groups is 2. The Labute approximate surface area is 185 Å². The van der Waals surface area contributed by atoms with Gasteiger partial charge in [0.15, 0.2) is 11.5 Å². The smallest absolute Gasteiger partial charge is 0.330 e. The summed E-state index contributed by atoms with van der Waals surface area (Å²) in [7, 11) is 0. The van der Waals surface area contributed by atoms with E-state index in [4.69, 9.17) is 9.47 Å². The van der Waals surface area contributed by atoms with E-state index in [0.29, 0.717) is 24.7 Å². The molecule has 32 heavy (non-hydrogen) atoms. The van der Waals surface area contributed by atoms with Crippen LogP contribution in [0.3, 0.4) is 0 Å². The van der Waals surface area contributed by atoms with E-state index in [1.54, 1.807) is 0 Å². The number of nitrogens with zero attached hydrogens (tertiary/aromatic N) is 3. The Hall–Kier alpha value is -3.60. The van der Waals surface area contributed by atoms with Crippen LogP contribution in [0.2, 0.25) is 0 Å². The predicted octanol–water partition coefficient (Wildman–Crippen LogP) is 0.796. The molecule has 0 spiro atoms. The summed E-state index contributed by atoms with van der Waals surface area (Å²) >= 11 is 0. The number of urea groups is 1. The molecule has 0 radical (unpaired) electrons. The molecule has 2 saturated heterocycles. The van der Waals surface area contributed by atoms with Gasteiger partial charge in [-0.1, -0.05) is 12.1 Å². The zero-order chi connectivity index (χ0) is 22.3. The van der Waals surface area contributed by atoms with Crippen molar-refractivity contribution in [1.82, 2.24) is 31.5 Å². The van der Waals surface area contributed by atoms with Crippen LogP contribution in [0.25, 0.3) is 0 Å². The molecule has 1 aromatic carbocycles. The predicted molar refractivity (Wildman–Crippen MR) is 116 cm³/mol. The number of para-hydroxylation sites is 2. The molecule has 3 amide bonds. The van der Waals surface area contributed by atoms with Crippen molar-refractivity contribution in [2.45, 2.75) is 32.0 Å². The van der Waals surface area contributed by atoms with Gasteiger partial charge >= 0.3 is 6.03 Å². The number of hydrazine groups is 1. The van der Waals surface area contributed by atoms with Crippen LogP contribution in [-0.4, -0.2) is 60.4 Å². The topological polar surface area (TPSA) is 130 Å². The Morgan fingerprint density at radius 3 is 2.75 bits per heavy atom. The number of benzene rings is 1. The number of carbonyl (C=O) groups excluding carboxylic acids is 2. The maximum absolute atomic E-state index is 12.3. The van der Waals surface area contributed by atoms with Crippen LogP contribution in [0.1, 0.15) is 30.1 Å². The zero-order valence-electron chi connectivity index (χ0n) is 17.8. The molecule has 3 heterocycles. The molecule has 11 nitrogen and oxygen atoms in total. The van der Waals surface area contributed by atoms with Gasteiger partial charge in [-0.2, -0.15) is 0 Å². The Bertz CT molecular complexity index is 940. The highest BCUT2D eigenvalue weighted by molar-refractivity contribution is 5.93. The highest BCUT2D eigenvalue weighted by atomic mass is 16.5. The van der Waals surface area contributed by atoms with Crippen molar-refractivity contribution in [3.63, 3.8) is 0 Å². The minimum Gasteiger partial charge on any atom is -0.490 e. The molecule has 170 valence electrons. The Morgan fingerprint density at radius 1 is 1.25 bits per heavy atom. The van der Waals surface area contributed by atoms with Crippen LogP contribution in [0.5, 0.6) is 11.5 Å². The lowest BCUT2D eigenvalue weighted by molar-refractivity contribution is 0.0948. The maximum Gasteiger partial charge on any atom is 0.330 e. The quantitative estimate of drug-likeness (QED) is 0.473. The summed E-state index contributed by atoms with van der Waals surface area (Å²) < 4.78 is 11.9. The van der Waals surface area contributed by atoms with E-state index in [2.05, 4.69) is 36.4 Å². The largest absolute Gasteiger partial charge is 0.490 e. The van der Waals surface area contributed by atoms with Crippen molar-refractivity contribution >= 4 is 17.9 Å². The average molecular weight is 441 g/mol. The standard InChI is InChI=1S/C21H27N7O4/c1-2-31-16-7-3-4-8-17(16)32-15-6-5-9-28(13-15)20-23-10-14(11-24-20)19(29)22-12-18-25-21(30)27-26-18/h3-4,7-8,10-11,15,18,26H,2,5-6,9,12-13H2,1H3,(H,22,29)(H2,25,27,30)/t15-,18?/m1/s1. The third-order valence-corrected chi connectivity index (χ3v) is 5.14. The normalized spacial score (nSPS) is 20.3. The second kappa shape index (κ2) is 10.1. The third kappa shape index (κ3) is 5.35. The number of hydrogen-bond donors (Lipinski definition) is 4. The van der Waals surface area contributed by atoms with Crippen molar-refractivity contribution in [2.75, 3.05) is 31.1 Å². The molecule has 4 rings (SSSR count). The fourth-order valence-electron chi connectivity index (χ4n) is 3.60. The highest BCUT2D eigenvalue weighted by Gasteiger charge is 2.25. The fourth-order valence-corrected chi connectivity index (χ4v) is 3.60. The summed E-state index contributed by atoms with van der Waals surface area (Å²) in [5.41, 5.74) is 5.47. The summed E-state index contributed by atoms with van der Waals surface area (Å²) in [6.07, 6.45) is 4.50. The first-order valence-electron chi connectivity index (χ1n) is 10.7. The van der Waals surface area contributed by atoms with Gasteiger partial charge in [-0.3, -0.25) is 10.2 Å². The van der Waals surface area contributed by atoms with E-state index in [1.165, 1.54) is 12.4 Å². The van der Waals surface area contributed by atoms with Crippen molar-refractivity contribution in [3.8, 4) is 11.5 Å². The van der Waals surface area contributed by atoms with Crippen LogP contribution >= 0.6 is 0 Å². The van der Waals surface area contributed by atoms with Gasteiger partial charge in [-0.15, -0.1) is 0 Å². The van der Waals surface area contributed by atoms with Crippen molar-refractivity contribution in [3.05, 3.63) is 42.2 Å². The molecule has 0 saturated carbocycles.